The third-order valence-electron chi connectivity index (χ3n) is 5.12. The van der Waals surface area contributed by atoms with Gasteiger partial charge < -0.3 is 5.11 Å². The lowest BCUT2D eigenvalue weighted by Gasteiger charge is -2.16. The summed E-state index contributed by atoms with van der Waals surface area (Å²) in [6.45, 7) is 4.38. The largest absolute Gasteiger partial charge is 0.384 e. The number of hydrogen-bond acceptors (Lipinski definition) is 1. The average molecular weight is 302 g/mol. The van der Waals surface area contributed by atoms with Crippen LogP contribution >= 0.6 is 0 Å². The molecule has 0 heterocycles. The standard InChI is InChI=1S/C22H22O/c1-14(2)15-6-10-18(11-7-15)22(23)20-13-12-17-9-8-16-4-3-5-19(20)21(16)17/h3-7,10-14,22-23H,8-9H2,1-2H3/t22-/m0/s1. The third kappa shape index (κ3) is 2.36. The summed E-state index contributed by atoms with van der Waals surface area (Å²) >= 11 is 0. The monoisotopic (exact) mass is 302 g/mol. The van der Waals surface area contributed by atoms with Crippen LogP contribution in [-0.4, -0.2) is 5.11 Å². The van der Waals surface area contributed by atoms with E-state index in [0.29, 0.717) is 5.92 Å². The lowest BCUT2D eigenvalue weighted by atomic mass is 9.92. The fourth-order valence-corrected chi connectivity index (χ4v) is 3.75. The first kappa shape index (κ1) is 14.5. The summed E-state index contributed by atoms with van der Waals surface area (Å²) in [6.07, 6.45) is 1.67. The number of aliphatic hydroxyl groups is 1. The van der Waals surface area contributed by atoms with E-state index in [0.717, 1.165) is 24.0 Å². The molecule has 1 atom stereocenters. The zero-order valence-corrected chi connectivity index (χ0v) is 13.7. The molecule has 1 aliphatic carbocycles. The molecule has 0 bridgehead atoms. The first-order valence-electron chi connectivity index (χ1n) is 8.46. The van der Waals surface area contributed by atoms with Crippen LogP contribution in [0.4, 0.5) is 0 Å². The normalized spacial score (nSPS) is 14.6. The topological polar surface area (TPSA) is 20.2 Å². The Bertz CT molecular complexity index is 849. The average Bonchev–Trinajstić information content (AvgIpc) is 3.00. The first-order valence-corrected chi connectivity index (χ1v) is 8.46. The van der Waals surface area contributed by atoms with Gasteiger partial charge in [-0.15, -0.1) is 0 Å². The predicted octanol–water partition coefficient (Wildman–Crippen LogP) is 5.14. The molecule has 116 valence electrons. The van der Waals surface area contributed by atoms with Gasteiger partial charge in [-0.2, -0.15) is 0 Å². The van der Waals surface area contributed by atoms with E-state index in [4.69, 9.17) is 0 Å². The van der Waals surface area contributed by atoms with E-state index in [1.54, 1.807) is 0 Å². The van der Waals surface area contributed by atoms with E-state index in [2.05, 4.69) is 68.4 Å². The molecule has 1 N–H and O–H groups in total. The summed E-state index contributed by atoms with van der Waals surface area (Å²) in [6, 6.07) is 19.2. The minimum absolute atomic E-state index is 0.512. The van der Waals surface area contributed by atoms with Crippen LogP contribution in [0.15, 0.2) is 54.6 Å². The lowest BCUT2D eigenvalue weighted by Crippen LogP contribution is -2.01. The highest BCUT2D eigenvalue weighted by Crippen LogP contribution is 2.36. The lowest BCUT2D eigenvalue weighted by molar-refractivity contribution is 0.222. The second kappa shape index (κ2) is 5.50. The van der Waals surface area contributed by atoms with Gasteiger partial charge in [0.25, 0.3) is 0 Å². The summed E-state index contributed by atoms with van der Waals surface area (Å²) in [4.78, 5) is 0. The molecular weight excluding hydrogens is 280 g/mol. The van der Waals surface area contributed by atoms with Gasteiger partial charge in [0.05, 0.1) is 0 Å². The summed E-state index contributed by atoms with van der Waals surface area (Å²) in [5.41, 5.74) is 6.13. The van der Waals surface area contributed by atoms with Gasteiger partial charge in [-0.1, -0.05) is 68.4 Å². The quantitative estimate of drug-likeness (QED) is 0.710. The Balaban J connectivity index is 1.80. The van der Waals surface area contributed by atoms with Crippen molar-refractivity contribution in [3.05, 3.63) is 82.4 Å². The molecule has 0 aliphatic heterocycles. The molecule has 0 unspecified atom stereocenters. The molecular formula is C22H22O. The van der Waals surface area contributed by atoms with Crippen LogP contribution in [0.2, 0.25) is 0 Å². The van der Waals surface area contributed by atoms with Gasteiger partial charge in [-0.25, -0.2) is 0 Å². The first-order chi connectivity index (χ1) is 11.1. The van der Waals surface area contributed by atoms with Gasteiger partial charge in [0.2, 0.25) is 0 Å². The Morgan fingerprint density at radius 3 is 2.13 bits per heavy atom. The number of aryl methyl sites for hydroxylation is 2. The molecule has 3 aromatic carbocycles. The number of aliphatic hydroxyl groups excluding tert-OH is 1. The van der Waals surface area contributed by atoms with Crippen molar-refractivity contribution in [1.82, 2.24) is 0 Å². The smallest absolute Gasteiger partial charge is 0.105 e. The molecule has 1 nitrogen and oxygen atoms in total. The van der Waals surface area contributed by atoms with Crippen molar-refractivity contribution >= 4 is 10.8 Å². The predicted molar refractivity (Wildman–Crippen MR) is 95.9 cm³/mol. The van der Waals surface area contributed by atoms with E-state index in [-0.39, 0.29) is 0 Å². The van der Waals surface area contributed by atoms with Crippen molar-refractivity contribution in [3.8, 4) is 0 Å². The molecule has 1 aliphatic rings. The molecule has 0 radical (unpaired) electrons. The molecule has 0 amide bonds. The second-order valence-corrected chi connectivity index (χ2v) is 6.88. The highest BCUT2D eigenvalue weighted by Gasteiger charge is 2.19. The highest BCUT2D eigenvalue weighted by molar-refractivity contribution is 5.93. The van der Waals surface area contributed by atoms with Crippen LogP contribution < -0.4 is 0 Å². The van der Waals surface area contributed by atoms with Gasteiger partial charge >= 0.3 is 0 Å². The molecule has 0 spiro atoms. The van der Waals surface area contributed by atoms with Gasteiger partial charge in [-0.3, -0.25) is 0 Å². The van der Waals surface area contributed by atoms with Gasteiger partial charge in [0.15, 0.2) is 0 Å². The van der Waals surface area contributed by atoms with E-state index in [9.17, 15) is 5.11 Å². The van der Waals surface area contributed by atoms with E-state index in [1.165, 1.54) is 27.5 Å². The zero-order chi connectivity index (χ0) is 16.0. The van der Waals surface area contributed by atoms with Crippen LogP contribution in [0.3, 0.4) is 0 Å². The number of hydrogen-bond donors (Lipinski definition) is 1. The molecule has 3 aromatic rings. The van der Waals surface area contributed by atoms with Crippen molar-refractivity contribution in [2.75, 3.05) is 0 Å². The minimum Gasteiger partial charge on any atom is -0.384 e. The van der Waals surface area contributed by atoms with Crippen molar-refractivity contribution < 1.29 is 5.11 Å². The molecule has 0 saturated heterocycles. The summed E-state index contributed by atoms with van der Waals surface area (Å²) < 4.78 is 0. The highest BCUT2D eigenvalue weighted by atomic mass is 16.3. The van der Waals surface area contributed by atoms with Gasteiger partial charge in [0, 0.05) is 0 Å². The SMILES string of the molecule is CC(C)c1ccc([C@H](O)c2ccc3c4c(cccc24)CC3)cc1. The Morgan fingerprint density at radius 2 is 1.43 bits per heavy atom. The minimum atomic E-state index is -0.568. The molecule has 4 rings (SSSR count). The maximum atomic E-state index is 10.9. The second-order valence-electron chi connectivity index (χ2n) is 6.88. The van der Waals surface area contributed by atoms with Crippen LogP contribution in [0.5, 0.6) is 0 Å². The molecule has 23 heavy (non-hydrogen) atoms. The number of rotatable bonds is 3. The zero-order valence-electron chi connectivity index (χ0n) is 13.7. The molecule has 0 saturated carbocycles. The van der Waals surface area contributed by atoms with E-state index in [1.807, 2.05) is 0 Å². The van der Waals surface area contributed by atoms with Crippen LogP contribution in [0.1, 0.15) is 53.7 Å². The van der Waals surface area contributed by atoms with E-state index < -0.39 is 6.10 Å². The van der Waals surface area contributed by atoms with Crippen LogP contribution in [-0.2, 0) is 12.8 Å². The summed E-state index contributed by atoms with van der Waals surface area (Å²) in [5, 5.41) is 13.5. The molecule has 0 fully saturated rings. The maximum absolute atomic E-state index is 10.9. The van der Waals surface area contributed by atoms with Crippen LogP contribution in [0.25, 0.3) is 10.8 Å². The third-order valence-corrected chi connectivity index (χ3v) is 5.12. The Labute approximate surface area is 137 Å². The van der Waals surface area contributed by atoms with E-state index >= 15 is 0 Å². The molecule has 1 heteroatoms. The van der Waals surface area contributed by atoms with Crippen molar-refractivity contribution in [2.24, 2.45) is 0 Å². The Kier molecular flexibility index (Phi) is 3.46. The molecule has 0 aromatic heterocycles. The summed E-state index contributed by atoms with van der Waals surface area (Å²) in [7, 11) is 0. The van der Waals surface area contributed by atoms with Crippen molar-refractivity contribution in [1.29, 1.82) is 0 Å². The fourth-order valence-electron chi connectivity index (χ4n) is 3.75. The fraction of sp³-hybridized carbons (Fsp3) is 0.273. The Morgan fingerprint density at radius 1 is 0.783 bits per heavy atom. The maximum Gasteiger partial charge on any atom is 0.105 e. The van der Waals surface area contributed by atoms with Crippen molar-refractivity contribution in [3.63, 3.8) is 0 Å². The van der Waals surface area contributed by atoms with Crippen LogP contribution in [0, 0.1) is 0 Å². The van der Waals surface area contributed by atoms with Gasteiger partial charge in [-0.05, 0) is 57.3 Å². The Hall–Kier alpha value is -2.12. The van der Waals surface area contributed by atoms with Gasteiger partial charge in [0.1, 0.15) is 6.10 Å². The number of benzene rings is 3. The summed E-state index contributed by atoms with van der Waals surface area (Å²) in [5.74, 6) is 0.512. The van der Waals surface area contributed by atoms with Crippen molar-refractivity contribution in [2.45, 2.75) is 38.7 Å².